The van der Waals surface area contributed by atoms with Crippen molar-refractivity contribution in [2.45, 2.75) is 26.2 Å². The summed E-state index contributed by atoms with van der Waals surface area (Å²) in [6.07, 6.45) is 2.94. The Labute approximate surface area is 131 Å². The molecule has 1 aromatic rings. The topological polar surface area (TPSA) is 27.6 Å². The number of rotatable bonds is 3. The van der Waals surface area contributed by atoms with Gasteiger partial charge in [-0.2, -0.15) is 0 Å². The molecule has 5 heteroatoms. The number of hydrogen-bond donors (Lipinski definition) is 1. The van der Waals surface area contributed by atoms with Crippen molar-refractivity contribution >= 4 is 17.6 Å². The summed E-state index contributed by atoms with van der Waals surface area (Å²) in [5, 5.41) is 3.79. The number of hydrogen-bond acceptors (Lipinski definition) is 1. The van der Waals surface area contributed by atoms with Crippen molar-refractivity contribution in [1.29, 1.82) is 0 Å². The first-order chi connectivity index (χ1) is 10.1. The van der Waals surface area contributed by atoms with Gasteiger partial charge in [-0.1, -0.05) is 24.6 Å². The quantitative estimate of drug-likeness (QED) is 0.685. The molecule has 0 unspecified atom stereocenters. The Balaban J connectivity index is 1.87. The van der Waals surface area contributed by atoms with Gasteiger partial charge in [-0.3, -0.25) is 4.99 Å². The van der Waals surface area contributed by atoms with Crippen LogP contribution in [-0.2, 0) is 6.42 Å². The third kappa shape index (κ3) is 4.34. The smallest absolute Gasteiger partial charge is 0.193 e. The predicted molar refractivity (Wildman–Crippen MR) is 86.4 cm³/mol. The zero-order valence-electron chi connectivity index (χ0n) is 12.7. The minimum Gasteiger partial charge on any atom is -0.356 e. The van der Waals surface area contributed by atoms with Gasteiger partial charge in [0.05, 0.1) is 0 Å². The van der Waals surface area contributed by atoms with E-state index in [9.17, 15) is 4.39 Å². The molecule has 0 saturated carbocycles. The molecular formula is C16H23ClFN3. The van der Waals surface area contributed by atoms with Crippen LogP contribution in [0.4, 0.5) is 4.39 Å². The van der Waals surface area contributed by atoms with Gasteiger partial charge in [0, 0.05) is 37.3 Å². The Morgan fingerprint density at radius 3 is 2.76 bits per heavy atom. The van der Waals surface area contributed by atoms with Crippen molar-refractivity contribution in [1.82, 2.24) is 10.2 Å². The van der Waals surface area contributed by atoms with E-state index < -0.39 is 0 Å². The summed E-state index contributed by atoms with van der Waals surface area (Å²) in [7, 11) is 1.79. The van der Waals surface area contributed by atoms with Crippen molar-refractivity contribution in [3.05, 3.63) is 34.6 Å². The number of halogens is 2. The van der Waals surface area contributed by atoms with E-state index >= 15 is 0 Å². The van der Waals surface area contributed by atoms with Gasteiger partial charge in [-0.25, -0.2) is 4.39 Å². The predicted octanol–water partition coefficient (Wildman–Crippen LogP) is 3.33. The fraction of sp³-hybridized carbons (Fsp3) is 0.562. The highest BCUT2D eigenvalue weighted by atomic mass is 35.5. The van der Waals surface area contributed by atoms with Gasteiger partial charge in [0.15, 0.2) is 5.96 Å². The lowest BCUT2D eigenvalue weighted by Gasteiger charge is -2.32. The van der Waals surface area contributed by atoms with Gasteiger partial charge in [0.2, 0.25) is 0 Å². The van der Waals surface area contributed by atoms with Crippen molar-refractivity contribution in [2.75, 3.05) is 26.7 Å². The van der Waals surface area contributed by atoms with Crippen LogP contribution < -0.4 is 5.32 Å². The van der Waals surface area contributed by atoms with Crippen LogP contribution in [0.3, 0.4) is 0 Å². The molecule has 1 aliphatic rings. The molecule has 21 heavy (non-hydrogen) atoms. The number of likely N-dealkylation sites (tertiary alicyclic amines) is 1. The van der Waals surface area contributed by atoms with Gasteiger partial charge in [0.1, 0.15) is 5.82 Å². The zero-order chi connectivity index (χ0) is 15.2. The second kappa shape index (κ2) is 7.64. The van der Waals surface area contributed by atoms with E-state index in [1.54, 1.807) is 19.2 Å². The third-order valence-corrected chi connectivity index (χ3v) is 4.37. The lowest BCUT2D eigenvalue weighted by Crippen LogP contribution is -2.45. The maximum atomic E-state index is 13.7. The minimum absolute atomic E-state index is 0.244. The minimum atomic E-state index is -0.244. The molecule has 0 aromatic heterocycles. The summed E-state index contributed by atoms with van der Waals surface area (Å²) in [4.78, 5) is 6.58. The lowest BCUT2D eigenvalue weighted by atomic mass is 9.99. The Bertz CT molecular complexity index is 476. The molecule has 0 amide bonds. The third-order valence-electron chi connectivity index (χ3n) is 4.01. The van der Waals surface area contributed by atoms with E-state index in [0.29, 0.717) is 23.6 Å². The first-order valence-electron chi connectivity index (χ1n) is 7.50. The highest BCUT2D eigenvalue weighted by Gasteiger charge is 2.18. The van der Waals surface area contributed by atoms with E-state index in [1.165, 1.54) is 18.9 Å². The summed E-state index contributed by atoms with van der Waals surface area (Å²) in [5.74, 6) is 1.44. The molecule has 1 heterocycles. The maximum absolute atomic E-state index is 13.7. The van der Waals surface area contributed by atoms with Crippen molar-refractivity contribution in [2.24, 2.45) is 10.9 Å². The summed E-state index contributed by atoms with van der Waals surface area (Å²) in [6, 6.07) is 4.80. The molecule has 0 atom stereocenters. The molecule has 1 N–H and O–H groups in total. The number of nitrogens with zero attached hydrogens (tertiary/aromatic N) is 2. The summed E-state index contributed by atoms with van der Waals surface area (Å²) >= 11 is 6.04. The maximum Gasteiger partial charge on any atom is 0.193 e. The monoisotopic (exact) mass is 311 g/mol. The standard InChI is InChI=1S/C16H23ClFN3/c1-12-7-10-21(11-8-12)16(19-2)20-9-6-13-14(17)4-3-5-15(13)18/h3-5,12H,6-11H2,1-2H3,(H,19,20). The molecule has 0 aliphatic carbocycles. The Hall–Kier alpha value is -1.29. The molecule has 0 radical (unpaired) electrons. The van der Waals surface area contributed by atoms with E-state index in [1.807, 2.05) is 0 Å². The van der Waals surface area contributed by atoms with Crippen LogP contribution in [0.15, 0.2) is 23.2 Å². The molecule has 2 rings (SSSR count). The lowest BCUT2D eigenvalue weighted by molar-refractivity contribution is 0.273. The van der Waals surface area contributed by atoms with Gasteiger partial charge < -0.3 is 10.2 Å². The zero-order valence-corrected chi connectivity index (χ0v) is 13.5. The average molecular weight is 312 g/mol. The fourth-order valence-corrected chi connectivity index (χ4v) is 2.88. The normalized spacial score (nSPS) is 17.1. The first-order valence-corrected chi connectivity index (χ1v) is 7.88. The second-order valence-electron chi connectivity index (χ2n) is 5.59. The molecule has 1 aromatic carbocycles. The van der Waals surface area contributed by atoms with E-state index in [-0.39, 0.29) is 5.82 Å². The summed E-state index contributed by atoms with van der Waals surface area (Å²) in [5.41, 5.74) is 0.564. The van der Waals surface area contributed by atoms with Gasteiger partial charge in [-0.15, -0.1) is 0 Å². The van der Waals surface area contributed by atoms with E-state index in [0.717, 1.165) is 25.0 Å². The number of benzene rings is 1. The SMILES string of the molecule is CN=C(NCCc1c(F)cccc1Cl)N1CCC(C)CC1. The van der Waals surface area contributed by atoms with E-state index in [4.69, 9.17) is 11.6 Å². The van der Waals surface area contributed by atoms with Crippen LogP contribution in [0, 0.1) is 11.7 Å². The second-order valence-corrected chi connectivity index (χ2v) is 6.00. The molecule has 1 saturated heterocycles. The molecule has 1 aliphatic heterocycles. The van der Waals surface area contributed by atoms with Crippen LogP contribution in [0.1, 0.15) is 25.3 Å². The number of piperidine rings is 1. The van der Waals surface area contributed by atoms with Gasteiger partial charge in [-0.05, 0) is 37.3 Å². The Morgan fingerprint density at radius 2 is 2.14 bits per heavy atom. The number of aliphatic imine (C=N–C) groups is 1. The van der Waals surface area contributed by atoms with Crippen LogP contribution in [-0.4, -0.2) is 37.5 Å². The fourth-order valence-electron chi connectivity index (χ4n) is 2.62. The largest absolute Gasteiger partial charge is 0.356 e. The van der Waals surface area contributed by atoms with Crippen molar-refractivity contribution in [3.63, 3.8) is 0 Å². The molecule has 1 fully saturated rings. The summed E-state index contributed by atoms with van der Waals surface area (Å²) < 4.78 is 13.7. The van der Waals surface area contributed by atoms with Crippen LogP contribution in [0.2, 0.25) is 5.02 Å². The number of nitrogens with one attached hydrogen (secondary N) is 1. The van der Waals surface area contributed by atoms with Crippen LogP contribution >= 0.6 is 11.6 Å². The van der Waals surface area contributed by atoms with Gasteiger partial charge >= 0.3 is 0 Å². The molecule has 3 nitrogen and oxygen atoms in total. The molecule has 0 bridgehead atoms. The first kappa shape index (κ1) is 16.1. The van der Waals surface area contributed by atoms with Crippen LogP contribution in [0.25, 0.3) is 0 Å². The van der Waals surface area contributed by atoms with Crippen LogP contribution in [0.5, 0.6) is 0 Å². The summed E-state index contributed by atoms with van der Waals surface area (Å²) in [6.45, 7) is 4.97. The Morgan fingerprint density at radius 1 is 1.43 bits per heavy atom. The van der Waals surface area contributed by atoms with E-state index in [2.05, 4.69) is 22.1 Å². The average Bonchev–Trinajstić information content (AvgIpc) is 2.47. The van der Waals surface area contributed by atoms with Crippen molar-refractivity contribution < 1.29 is 4.39 Å². The van der Waals surface area contributed by atoms with Crippen molar-refractivity contribution in [3.8, 4) is 0 Å². The molecule has 116 valence electrons. The number of guanidine groups is 1. The Kier molecular flexibility index (Phi) is 5.85. The highest BCUT2D eigenvalue weighted by molar-refractivity contribution is 6.31. The van der Waals surface area contributed by atoms with Gasteiger partial charge in [0.25, 0.3) is 0 Å². The highest BCUT2D eigenvalue weighted by Crippen LogP contribution is 2.19. The molecular weight excluding hydrogens is 289 g/mol. The molecule has 0 spiro atoms.